The second-order valence-corrected chi connectivity index (χ2v) is 8.27. The first-order valence-electron chi connectivity index (χ1n) is 9.28. The largest absolute Gasteiger partial charge is 0.364 e. The van der Waals surface area contributed by atoms with Gasteiger partial charge in [0.2, 0.25) is 0 Å². The first kappa shape index (κ1) is 16.8. The zero-order valence-electron chi connectivity index (χ0n) is 16.2. The van der Waals surface area contributed by atoms with Crippen molar-refractivity contribution in [3.63, 3.8) is 0 Å². The smallest absolute Gasteiger partial charge is 0.123 e. The molecule has 0 fully saturated rings. The van der Waals surface area contributed by atoms with E-state index in [1.54, 1.807) is 0 Å². The van der Waals surface area contributed by atoms with E-state index in [2.05, 4.69) is 103 Å². The molecule has 4 heteroatoms. The van der Waals surface area contributed by atoms with Crippen LogP contribution in [0.25, 0.3) is 22.5 Å². The van der Waals surface area contributed by atoms with Crippen molar-refractivity contribution in [2.45, 2.75) is 52.7 Å². The zero-order valence-corrected chi connectivity index (χ0v) is 16.2. The predicted octanol–water partition coefficient (Wildman–Crippen LogP) is 5.10. The van der Waals surface area contributed by atoms with Crippen molar-refractivity contribution in [3.8, 4) is 22.5 Å². The average Bonchev–Trinajstić information content (AvgIpc) is 3.03. The number of aromatic nitrogens is 3. The molecule has 0 radical (unpaired) electrons. The van der Waals surface area contributed by atoms with Crippen molar-refractivity contribution in [2.24, 2.45) is 0 Å². The van der Waals surface area contributed by atoms with Gasteiger partial charge in [0, 0.05) is 29.4 Å². The Labute approximate surface area is 155 Å². The van der Waals surface area contributed by atoms with Crippen LogP contribution in [0.1, 0.15) is 40.2 Å². The number of para-hydroxylation sites is 1. The Kier molecular flexibility index (Phi) is 3.87. The minimum absolute atomic E-state index is 0.139. The Morgan fingerprint density at radius 2 is 1.58 bits per heavy atom. The van der Waals surface area contributed by atoms with Crippen LogP contribution in [0.15, 0.2) is 48.5 Å². The summed E-state index contributed by atoms with van der Waals surface area (Å²) in [6.07, 6.45) is 0. The van der Waals surface area contributed by atoms with Gasteiger partial charge in [-0.2, -0.15) is 0 Å². The van der Waals surface area contributed by atoms with Gasteiger partial charge in [-0.3, -0.25) is 0 Å². The van der Waals surface area contributed by atoms with Crippen LogP contribution in [0.4, 0.5) is 5.69 Å². The van der Waals surface area contributed by atoms with Crippen LogP contribution in [-0.2, 0) is 12.1 Å². The topological polar surface area (TPSA) is 34.0 Å². The first-order valence-corrected chi connectivity index (χ1v) is 9.28. The highest BCUT2D eigenvalue weighted by atomic mass is 15.5. The molecule has 0 amide bonds. The van der Waals surface area contributed by atoms with E-state index in [9.17, 15) is 0 Å². The van der Waals surface area contributed by atoms with Crippen molar-refractivity contribution in [1.82, 2.24) is 15.0 Å². The van der Waals surface area contributed by atoms with E-state index in [1.807, 2.05) is 0 Å². The van der Waals surface area contributed by atoms with Crippen molar-refractivity contribution < 1.29 is 0 Å². The minimum atomic E-state index is -0.139. The first-order chi connectivity index (χ1) is 12.4. The molecule has 1 aromatic heterocycles. The Morgan fingerprint density at radius 3 is 2.27 bits per heavy atom. The molecule has 4 nitrogen and oxygen atoms in total. The van der Waals surface area contributed by atoms with Crippen LogP contribution in [0.3, 0.4) is 0 Å². The molecular formula is C22H26N4. The van der Waals surface area contributed by atoms with Crippen molar-refractivity contribution in [3.05, 3.63) is 54.1 Å². The summed E-state index contributed by atoms with van der Waals surface area (Å²) in [6, 6.07) is 17.6. The number of rotatable bonds is 1. The standard InChI is InChI=1S/C22H26N4/c1-15(2)25-14-16-10-6-7-11-17(16)21-20(18-12-8-9-13-19(18)25)23-24-26(21)22(3,4)5/h6-13,15H,14H2,1-5H3. The van der Waals surface area contributed by atoms with Gasteiger partial charge in [0.1, 0.15) is 5.69 Å². The van der Waals surface area contributed by atoms with E-state index in [0.717, 1.165) is 23.5 Å². The molecule has 26 heavy (non-hydrogen) atoms. The fourth-order valence-electron chi connectivity index (χ4n) is 3.72. The van der Waals surface area contributed by atoms with Gasteiger partial charge in [-0.1, -0.05) is 47.7 Å². The van der Waals surface area contributed by atoms with E-state index in [1.165, 1.54) is 16.8 Å². The summed E-state index contributed by atoms with van der Waals surface area (Å²) >= 11 is 0. The quantitative estimate of drug-likeness (QED) is 0.615. The molecule has 134 valence electrons. The fraction of sp³-hybridized carbons (Fsp3) is 0.364. The van der Waals surface area contributed by atoms with Gasteiger partial charge in [0.15, 0.2) is 0 Å². The Bertz CT molecular complexity index is 947. The zero-order chi connectivity index (χ0) is 18.5. The van der Waals surface area contributed by atoms with Gasteiger partial charge < -0.3 is 4.90 Å². The molecule has 2 aromatic carbocycles. The predicted molar refractivity (Wildman–Crippen MR) is 107 cm³/mol. The van der Waals surface area contributed by atoms with Gasteiger partial charge in [-0.25, -0.2) is 4.68 Å². The van der Waals surface area contributed by atoms with E-state index in [0.29, 0.717) is 6.04 Å². The maximum absolute atomic E-state index is 4.65. The van der Waals surface area contributed by atoms with Crippen LogP contribution in [0, 0.1) is 0 Å². The second kappa shape index (κ2) is 5.97. The molecule has 0 saturated carbocycles. The molecule has 0 spiro atoms. The van der Waals surface area contributed by atoms with Gasteiger partial charge in [-0.15, -0.1) is 5.10 Å². The van der Waals surface area contributed by atoms with Gasteiger partial charge in [0.05, 0.1) is 11.2 Å². The van der Waals surface area contributed by atoms with Gasteiger partial charge >= 0.3 is 0 Å². The highest BCUT2D eigenvalue weighted by molar-refractivity contribution is 5.88. The van der Waals surface area contributed by atoms with Crippen molar-refractivity contribution in [1.29, 1.82) is 0 Å². The highest BCUT2D eigenvalue weighted by Crippen LogP contribution is 2.42. The third-order valence-corrected chi connectivity index (χ3v) is 5.01. The monoisotopic (exact) mass is 346 g/mol. The average molecular weight is 346 g/mol. The molecule has 1 aliphatic rings. The van der Waals surface area contributed by atoms with E-state index in [4.69, 9.17) is 0 Å². The molecule has 4 rings (SSSR count). The number of hydrogen-bond acceptors (Lipinski definition) is 3. The number of anilines is 1. The lowest BCUT2D eigenvalue weighted by atomic mass is 9.94. The summed E-state index contributed by atoms with van der Waals surface area (Å²) in [5, 5.41) is 9.21. The van der Waals surface area contributed by atoms with Crippen LogP contribution in [0.2, 0.25) is 0 Å². The molecule has 0 bridgehead atoms. The van der Waals surface area contributed by atoms with Crippen molar-refractivity contribution in [2.75, 3.05) is 4.90 Å². The summed E-state index contributed by atoms with van der Waals surface area (Å²) in [6.45, 7) is 11.9. The third kappa shape index (κ3) is 2.61. The maximum atomic E-state index is 4.65. The normalized spacial score (nSPS) is 13.7. The summed E-state index contributed by atoms with van der Waals surface area (Å²) < 4.78 is 2.07. The SMILES string of the molecule is CC(C)N1Cc2ccccc2-c2c(nnn2C(C)(C)C)-c2ccccc21. The van der Waals surface area contributed by atoms with Crippen LogP contribution in [0.5, 0.6) is 0 Å². The minimum Gasteiger partial charge on any atom is -0.364 e. The Morgan fingerprint density at radius 1 is 0.923 bits per heavy atom. The second-order valence-electron chi connectivity index (χ2n) is 8.27. The lowest BCUT2D eigenvalue weighted by molar-refractivity contribution is 0.351. The van der Waals surface area contributed by atoms with E-state index in [-0.39, 0.29) is 5.54 Å². The van der Waals surface area contributed by atoms with Crippen LogP contribution < -0.4 is 4.90 Å². The molecule has 0 aliphatic carbocycles. The van der Waals surface area contributed by atoms with E-state index >= 15 is 0 Å². The van der Waals surface area contributed by atoms with Crippen LogP contribution >= 0.6 is 0 Å². The molecule has 0 N–H and O–H groups in total. The van der Waals surface area contributed by atoms with Crippen LogP contribution in [-0.4, -0.2) is 21.0 Å². The number of hydrogen-bond donors (Lipinski definition) is 0. The fourth-order valence-corrected chi connectivity index (χ4v) is 3.72. The lowest BCUT2D eigenvalue weighted by Crippen LogP contribution is -2.32. The molecule has 0 saturated heterocycles. The number of benzene rings is 2. The summed E-state index contributed by atoms with van der Waals surface area (Å²) in [7, 11) is 0. The Balaban J connectivity index is 2.10. The molecule has 0 atom stereocenters. The maximum Gasteiger partial charge on any atom is 0.123 e. The van der Waals surface area contributed by atoms with Gasteiger partial charge in [0.25, 0.3) is 0 Å². The number of fused-ring (bicyclic) bond motifs is 5. The molecule has 3 aromatic rings. The summed E-state index contributed by atoms with van der Waals surface area (Å²) in [5.41, 5.74) is 6.85. The highest BCUT2D eigenvalue weighted by Gasteiger charge is 2.30. The van der Waals surface area contributed by atoms with Crippen molar-refractivity contribution >= 4 is 5.69 Å². The molecule has 1 aliphatic heterocycles. The lowest BCUT2D eigenvalue weighted by Gasteiger charge is -2.33. The van der Waals surface area contributed by atoms with Gasteiger partial charge in [-0.05, 0) is 46.2 Å². The molecule has 0 unspecified atom stereocenters. The molecular weight excluding hydrogens is 320 g/mol. The summed E-state index contributed by atoms with van der Waals surface area (Å²) in [5.74, 6) is 0. The molecule has 2 heterocycles. The Hall–Kier alpha value is -2.62. The van der Waals surface area contributed by atoms with E-state index < -0.39 is 0 Å². The third-order valence-electron chi connectivity index (χ3n) is 5.01. The summed E-state index contributed by atoms with van der Waals surface area (Å²) in [4.78, 5) is 2.45. The number of nitrogens with zero attached hydrogens (tertiary/aromatic N) is 4.